The fourth-order valence-corrected chi connectivity index (χ4v) is 3.89. The Morgan fingerprint density at radius 3 is 2.86 bits per heavy atom. The van der Waals surface area contributed by atoms with E-state index in [1.807, 2.05) is 35.7 Å². The molecule has 116 valence electrons. The predicted octanol–water partition coefficient (Wildman–Crippen LogP) is 3.83. The molecule has 1 heterocycles. The summed E-state index contributed by atoms with van der Waals surface area (Å²) in [5.74, 6) is 0.944. The van der Waals surface area contributed by atoms with Crippen molar-refractivity contribution in [2.24, 2.45) is 0 Å². The van der Waals surface area contributed by atoms with Crippen LogP contribution in [0.5, 0.6) is 5.75 Å². The molecule has 1 N–H and O–H groups in total. The molecule has 2 aromatic rings. The fraction of sp³-hybridized carbons (Fsp3) is 0.389. The van der Waals surface area contributed by atoms with Gasteiger partial charge in [0, 0.05) is 16.8 Å². The summed E-state index contributed by atoms with van der Waals surface area (Å²) < 4.78 is 5.62. The Labute approximate surface area is 135 Å². The van der Waals surface area contributed by atoms with E-state index in [4.69, 9.17) is 4.74 Å². The van der Waals surface area contributed by atoms with Gasteiger partial charge in [0.05, 0.1) is 12.2 Å². The van der Waals surface area contributed by atoms with Crippen molar-refractivity contribution in [3.63, 3.8) is 0 Å². The summed E-state index contributed by atoms with van der Waals surface area (Å²) in [7, 11) is 0. The van der Waals surface area contributed by atoms with Crippen LogP contribution in [0.3, 0.4) is 0 Å². The van der Waals surface area contributed by atoms with Crippen molar-refractivity contribution in [3.05, 3.63) is 51.7 Å². The van der Waals surface area contributed by atoms with Gasteiger partial charge in [-0.3, -0.25) is 4.79 Å². The van der Waals surface area contributed by atoms with Crippen LogP contribution >= 0.6 is 11.3 Å². The van der Waals surface area contributed by atoms with Crippen LogP contribution in [-0.2, 0) is 12.8 Å². The number of nitrogens with one attached hydrogen (secondary N) is 1. The van der Waals surface area contributed by atoms with E-state index >= 15 is 0 Å². The summed E-state index contributed by atoms with van der Waals surface area (Å²) in [6.45, 7) is 1.27. The smallest absolute Gasteiger partial charge is 0.252 e. The number of hydrogen-bond donors (Lipinski definition) is 1. The molecule has 4 heteroatoms. The quantitative estimate of drug-likeness (QED) is 0.823. The van der Waals surface area contributed by atoms with E-state index in [-0.39, 0.29) is 5.91 Å². The highest BCUT2D eigenvalue weighted by atomic mass is 32.1. The van der Waals surface area contributed by atoms with Crippen molar-refractivity contribution in [2.45, 2.75) is 32.1 Å². The van der Waals surface area contributed by atoms with Gasteiger partial charge < -0.3 is 10.1 Å². The molecule has 0 saturated carbocycles. The Balaban J connectivity index is 1.42. The summed E-state index contributed by atoms with van der Waals surface area (Å²) in [6.07, 6.45) is 5.46. The number of benzene rings is 1. The third-order valence-electron chi connectivity index (χ3n) is 3.92. The van der Waals surface area contributed by atoms with Gasteiger partial charge in [-0.05, 0) is 49.8 Å². The average molecular weight is 315 g/mol. The van der Waals surface area contributed by atoms with Crippen LogP contribution in [0.15, 0.2) is 35.7 Å². The number of aryl methyl sites for hydroxylation is 1. The number of carbonyl (C=O) groups excluding carboxylic acids is 1. The number of ether oxygens (including phenoxy) is 1. The molecule has 22 heavy (non-hydrogen) atoms. The van der Waals surface area contributed by atoms with E-state index in [0.717, 1.165) is 30.6 Å². The zero-order valence-electron chi connectivity index (χ0n) is 12.6. The van der Waals surface area contributed by atoms with E-state index in [9.17, 15) is 4.79 Å². The van der Waals surface area contributed by atoms with Gasteiger partial charge in [0.1, 0.15) is 5.75 Å². The molecule has 0 bridgehead atoms. The normalized spacial score (nSPS) is 13.5. The summed E-state index contributed by atoms with van der Waals surface area (Å²) in [5.41, 5.74) is 2.18. The van der Waals surface area contributed by atoms with Crippen molar-refractivity contribution in [3.8, 4) is 5.75 Å². The fourth-order valence-electron chi connectivity index (χ4n) is 2.76. The van der Waals surface area contributed by atoms with E-state index in [2.05, 4.69) is 5.32 Å². The third-order valence-corrected chi connectivity index (χ3v) is 5.01. The Hall–Kier alpha value is -1.81. The van der Waals surface area contributed by atoms with Gasteiger partial charge in [-0.2, -0.15) is 0 Å². The molecule has 3 nitrogen and oxygen atoms in total. The first kappa shape index (κ1) is 15.1. The maximum Gasteiger partial charge on any atom is 0.252 e. The van der Waals surface area contributed by atoms with Crippen LogP contribution < -0.4 is 10.1 Å². The average Bonchev–Trinajstić information content (AvgIpc) is 2.99. The molecule has 1 amide bonds. The standard InChI is InChI=1S/C18H21NO2S/c20-18(16-13-22-17-10-5-4-9-15(16)17)19-11-6-12-21-14-7-2-1-3-8-14/h1-3,7-8,13H,4-6,9-12H2,(H,19,20). The topological polar surface area (TPSA) is 38.3 Å². The highest BCUT2D eigenvalue weighted by molar-refractivity contribution is 7.10. The van der Waals surface area contributed by atoms with Crippen LogP contribution in [0, 0.1) is 0 Å². The second kappa shape index (κ2) is 7.45. The largest absolute Gasteiger partial charge is 0.494 e. The second-order valence-electron chi connectivity index (χ2n) is 5.53. The lowest BCUT2D eigenvalue weighted by atomic mass is 9.96. The van der Waals surface area contributed by atoms with Crippen molar-refractivity contribution in [2.75, 3.05) is 13.2 Å². The number of hydrogen-bond acceptors (Lipinski definition) is 3. The third kappa shape index (κ3) is 3.69. The summed E-state index contributed by atoms with van der Waals surface area (Å²) >= 11 is 1.74. The number of rotatable bonds is 6. The Bertz CT molecular complexity index is 621. The van der Waals surface area contributed by atoms with Crippen molar-refractivity contribution in [1.82, 2.24) is 5.32 Å². The number of amides is 1. The molecule has 1 aromatic heterocycles. The first-order valence-electron chi connectivity index (χ1n) is 7.90. The highest BCUT2D eigenvalue weighted by Gasteiger charge is 2.19. The van der Waals surface area contributed by atoms with Gasteiger partial charge in [0.15, 0.2) is 0 Å². The molecule has 0 radical (unpaired) electrons. The van der Waals surface area contributed by atoms with Gasteiger partial charge in [-0.1, -0.05) is 18.2 Å². The SMILES string of the molecule is O=C(NCCCOc1ccccc1)c1csc2c1CCCC2. The minimum absolute atomic E-state index is 0.0686. The van der Waals surface area contributed by atoms with E-state index in [1.165, 1.54) is 23.3 Å². The lowest BCUT2D eigenvalue weighted by Gasteiger charge is -2.12. The van der Waals surface area contributed by atoms with E-state index in [1.54, 1.807) is 11.3 Å². The number of fused-ring (bicyclic) bond motifs is 1. The maximum atomic E-state index is 12.3. The lowest BCUT2D eigenvalue weighted by molar-refractivity contribution is 0.0951. The lowest BCUT2D eigenvalue weighted by Crippen LogP contribution is -2.26. The van der Waals surface area contributed by atoms with Gasteiger partial charge in [-0.25, -0.2) is 0 Å². The van der Waals surface area contributed by atoms with E-state index < -0.39 is 0 Å². The van der Waals surface area contributed by atoms with Crippen LogP contribution in [-0.4, -0.2) is 19.1 Å². The van der Waals surface area contributed by atoms with Crippen molar-refractivity contribution in [1.29, 1.82) is 0 Å². The predicted molar refractivity (Wildman–Crippen MR) is 89.8 cm³/mol. The molecular weight excluding hydrogens is 294 g/mol. The Morgan fingerprint density at radius 2 is 2.00 bits per heavy atom. The Kier molecular flexibility index (Phi) is 5.11. The molecule has 0 fully saturated rings. The van der Waals surface area contributed by atoms with Crippen LogP contribution in [0.2, 0.25) is 0 Å². The summed E-state index contributed by atoms with van der Waals surface area (Å²) in [6, 6.07) is 9.76. The number of carbonyl (C=O) groups is 1. The number of para-hydroxylation sites is 1. The highest BCUT2D eigenvalue weighted by Crippen LogP contribution is 2.30. The molecule has 1 aliphatic rings. The second-order valence-corrected chi connectivity index (χ2v) is 6.49. The van der Waals surface area contributed by atoms with Crippen molar-refractivity contribution >= 4 is 17.2 Å². The molecule has 0 saturated heterocycles. The first-order chi connectivity index (χ1) is 10.8. The molecule has 0 atom stereocenters. The monoisotopic (exact) mass is 315 g/mol. The molecule has 3 rings (SSSR count). The molecule has 0 unspecified atom stereocenters. The zero-order chi connectivity index (χ0) is 15.2. The van der Waals surface area contributed by atoms with Crippen molar-refractivity contribution < 1.29 is 9.53 Å². The van der Waals surface area contributed by atoms with Gasteiger partial charge in [-0.15, -0.1) is 11.3 Å². The Morgan fingerprint density at radius 1 is 1.18 bits per heavy atom. The van der Waals surface area contributed by atoms with E-state index in [0.29, 0.717) is 13.2 Å². The van der Waals surface area contributed by atoms with Crippen LogP contribution in [0.25, 0.3) is 0 Å². The minimum Gasteiger partial charge on any atom is -0.494 e. The van der Waals surface area contributed by atoms with Gasteiger partial charge >= 0.3 is 0 Å². The molecule has 1 aromatic carbocycles. The zero-order valence-corrected chi connectivity index (χ0v) is 13.5. The molecular formula is C18H21NO2S. The number of thiophene rings is 1. The first-order valence-corrected chi connectivity index (χ1v) is 8.78. The van der Waals surface area contributed by atoms with Gasteiger partial charge in [0.25, 0.3) is 5.91 Å². The summed E-state index contributed by atoms with van der Waals surface area (Å²) in [5, 5.41) is 5.03. The summed E-state index contributed by atoms with van der Waals surface area (Å²) in [4.78, 5) is 13.7. The molecule has 1 aliphatic carbocycles. The van der Waals surface area contributed by atoms with Crippen LogP contribution in [0.4, 0.5) is 0 Å². The van der Waals surface area contributed by atoms with Crippen LogP contribution in [0.1, 0.15) is 40.1 Å². The molecule has 0 spiro atoms. The minimum atomic E-state index is 0.0686. The maximum absolute atomic E-state index is 12.3. The molecule has 0 aliphatic heterocycles. The van der Waals surface area contributed by atoms with Gasteiger partial charge in [0.2, 0.25) is 0 Å².